The Balaban J connectivity index is 1.55. The van der Waals surface area contributed by atoms with Crippen LogP contribution < -0.4 is 10.2 Å². The molecule has 1 N–H and O–H groups in total. The number of ether oxygens (including phenoxy) is 1. The zero-order chi connectivity index (χ0) is 17.4. The summed E-state index contributed by atoms with van der Waals surface area (Å²) in [6, 6.07) is 2.10. The van der Waals surface area contributed by atoms with Crippen LogP contribution in [-0.4, -0.2) is 53.2 Å². The fourth-order valence-electron chi connectivity index (χ4n) is 3.67. The van der Waals surface area contributed by atoms with E-state index < -0.39 is 0 Å². The minimum absolute atomic E-state index is 0.0946. The van der Waals surface area contributed by atoms with Crippen molar-refractivity contribution < 1.29 is 9.53 Å². The lowest BCUT2D eigenvalue weighted by Gasteiger charge is -2.41. The Hall–Kier alpha value is -2.28. The summed E-state index contributed by atoms with van der Waals surface area (Å²) in [5.74, 6) is 0.571. The zero-order valence-electron chi connectivity index (χ0n) is 14.6. The second kappa shape index (κ2) is 6.22. The van der Waals surface area contributed by atoms with Gasteiger partial charge in [-0.25, -0.2) is 15.0 Å². The van der Waals surface area contributed by atoms with Gasteiger partial charge in [0.1, 0.15) is 5.52 Å². The first-order valence-electron chi connectivity index (χ1n) is 8.74. The Bertz CT molecular complexity index is 787. The van der Waals surface area contributed by atoms with Crippen LogP contribution in [0.15, 0.2) is 24.7 Å². The third-order valence-electron chi connectivity index (χ3n) is 5.08. The molecule has 2 saturated heterocycles. The highest BCUT2D eigenvalue weighted by Crippen LogP contribution is 2.30. The van der Waals surface area contributed by atoms with E-state index in [1.54, 1.807) is 18.6 Å². The summed E-state index contributed by atoms with van der Waals surface area (Å²) in [7, 11) is 0. The number of carbonyl (C=O) groups is 1. The number of hydrogen-bond acceptors (Lipinski definition) is 6. The number of piperidine rings is 1. The van der Waals surface area contributed by atoms with Gasteiger partial charge >= 0.3 is 0 Å². The Kier molecular flexibility index (Phi) is 4.03. The molecule has 132 valence electrons. The number of aromatic nitrogens is 3. The van der Waals surface area contributed by atoms with Crippen molar-refractivity contribution in [2.24, 2.45) is 11.3 Å². The van der Waals surface area contributed by atoms with E-state index in [-0.39, 0.29) is 17.4 Å². The van der Waals surface area contributed by atoms with E-state index in [2.05, 4.69) is 32.1 Å². The van der Waals surface area contributed by atoms with Crippen LogP contribution in [-0.2, 0) is 9.53 Å². The van der Waals surface area contributed by atoms with E-state index in [4.69, 9.17) is 4.74 Å². The summed E-state index contributed by atoms with van der Waals surface area (Å²) >= 11 is 0. The van der Waals surface area contributed by atoms with Crippen LogP contribution in [0.1, 0.15) is 20.3 Å². The highest BCUT2D eigenvalue weighted by molar-refractivity contribution is 5.85. The molecule has 0 spiro atoms. The largest absolute Gasteiger partial charge is 0.379 e. The highest BCUT2D eigenvalue weighted by atomic mass is 16.5. The third-order valence-corrected chi connectivity index (χ3v) is 5.08. The summed E-state index contributed by atoms with van der Waals surface area (Å²) in [6.07, 6.45) is 6.10. The molecule has 0 bridgehead atoms. The molecule has 1 amide bonds. The molecule has 0 aromatic carbocycles. The number of nitrogens with zero attached hydrogens (tertiary/aromatic N) is 4. The number of nitrogens with one attached hydrogen (secondary N) is 1. The van der Waals surface area contributed by atoms with Gasteiger partial charge in [-0.3, -0.25) is 4.79 Å². The van der Waals surface area contributed by atoms with Gasteiger partial charge in [0.25, 0.3) is 0 Å². The van der Waals surface area contributed by atoms with Crippen LogP contribution in [0.2, 0.25) is 0 Å². The predicted molar refractivity (Wildman–Crippen MR) is 94.2 cm³/mol. The van der Waals surface area contributed by atoms with Crippen LogP contribution >= 0.6 is 0 Å². The van der Waals surface area contributed by atoms with Gasteiger partial charge in [0.05, 0.1) is 24.3 Å². The van der Waals surface area contributed by atoms with Crippen LogP contribution in [0.25, 0.3) is 11.2 Å². The van der Waals surface area contributed by atoms with Crippen molar-refractivity contribution in [1.82, 2.24) is 20.3 Å². The fraction of sp³-hybridized carbons (Fsp3) is 0.556. The van der Waals surface area contributed by atoms with Gasteiger partial charge in [-0.05, 0) is 25.3 Å². The first-order valence-corrected chi connectivity index (χ1v) is 8.74. The lowest BCUT2D eigenvalue weighted by molar-refractivity contribution is -0.158. The van der Waals surface area contributed by atoms with Crippen LogP contribution in [0.3, 0.4) is 0 Å². The maximum atomic E-state index is 12.5. The zero-order valence-corrected chi connectivity index (χ0v) is 14.6. The van der Waals surface area contributed by atoms with Crippen LogP contribution in [0.5, 0.6) is 0 Å². The Morgan fingerprint density at radius 1 is 1.24 bits per heavy atom. The summed E-state index contributed by atoms with van der Waals surface area (Å²) in [5.41, 5.74) is 2.11. The molecule has 0 radical (unpaired) electrons. The molecular weight excluding hydrogens is 318 g/mol. The second-order valence-corrected chi connectivity index (χ2v) is 7.53. The van der Waals surface area contributed by atoms with E-state index in [9.17, 15) is 4.79 Å². The molecule has 2 fully saturated rings. The van der Waals surface area contributed by atoms with Crippen LogP contribution in [0.4, 0.5) is 5.69 Å². The third kappa shape index (κ3) is 3.04. The van der Waals surface area contributed by atoms with E-state index in [1.807, 2.05) is 13.0 Å². The molecule has 0 unspecified atom stereocenters. The van der Waals surface area contributed by atoms with Gasteiger partial charge in [0.15, 0.2) is 5.65 Å². The highest BCUT2D eigenvalue weighted by Gasteiger charge is 2.42. The number of rotatable bonds is 3. The first kappa shape index (κ1) is 16.2. The maximum Gasteiger partial charge on any atom is 0.230 e. The topological polar surface area (TPSA) is 80.2 Å². The Morgan fingerprint density at radius 3 is 2.76 bits per heavy atom. The normalized spacial score (nSPS) is 25.4. The van der Waals surface area contributed by atoms with Gasteiger partial charge in [0, 0.05) is 37.7 Å². The second-order valence-electron chi connectivity index (χ2n) is 7.53. The maximum absolute atomic E-state index is 12.5. The molecule has 7 heteroatoms. The van der Waals surface area contributed by atoms with Crippen molar-refractivity contribution >= 4 is 22.8 Å². The monoisotopic (exact) mass is 341 g/mol. The van der Waals surface area contributed by atoms with E-state index in [0.717, 1.165) is 30.7 Å². The van der Waals surface area contributed by atoms with E-state index >= 15 is 0 Å². The molecule has 7 nitrogen and oxygen atoms in total. The number of fused-ring (bicyclic) bond motifs is 1. The average molecular weight is 341 g/mol. The predicted octanol–water partition coefficient (Wildman–Crippen LogP) is 1.39. The summed E-state index contributed by atoms with van der Waals surface area (Å²) in [6.45, 7) is 6.90. The minimum atomic E-state index is -0.375. The SMILES string of the molecule is C[C@H]1C[C@@H](NC(=O)C2(C)COC2)CN(c2ccnc3nccnc23)C1. The quantitative estimate of drug-likeness (QED) is 0.909. The van der Waals surface area contributed by atoms with E-state index in [0.29, 0.717) is 24.8 Å². The van der Waals surface area contributed by atoms with Crippen LogP contribution in [0, 0.1) is 11.3 Å². The molecule has 4 heterocycles. The van der Waals surface area contributed by atoms with Gasteiger partial charge in [0.2, 0.25) is 5.91 Å². The summed E-state index contributed by atoms with van der Waals surface area (Å²) in [4.78, 5) is 27.9. The number of anilines is 1. The summed E-state index contributed by atoms with van der Waals surface area (Å²) in [5, 5.41) is 3.23. The fourth-order valence-corrected chi connectivity index (χ4v) is 3.67. The van der Waals surface area contributed by atoms with Crippen molar-refractivity contribution in [2.75, 3.05) is 31.2 Å². The molecule has 2 atom stereocenters. The number of amides is 1. The molecule has 2 aromatic heterocycles. The summed E-state index contributed by atoms with van der Waals surface area (Å²) < 4.78 is 5.21. The van der Waals surface area contributed by atoms with Gasteiger partial charge < -0.3 is 15.0 Å². The number of pyridine rings is 1. The molecule has 4 rings (SSSR count). The first-order chi connectivity index (χ1) is 12.0. The standard InChI is InChI=1S/C18H23N5O2/c1-12-7-13(22-17(24)18(2)10-25-11-18)9-23(8-12)14-3-4-20-16-15(14)19-5-6-21-16/h3-6,12-13H,7-11H2,1-2H3,(H,22,24)/t12-,13+/m0/s1. The molecule has 0 saturated carbocycles. The van der Waals surface area contributed by atoms with Crippen molar-refractivity contribution in [3.8, 4) is 0 Å². The molecular formula is C18H23N5O2. The lowest BCUT2D eigenvalue weighted by atomic mass is 9.86. The minimum Gasteiger partial charge on any atom is -0.379 e. The van der Waals surface area contributed by atoms with Crippen molar-refractivity contribution in [2.45, 2.75) is 26.3 Å². The molecule has 25 heavy (non-hydrogen) atoms. The van der Waals surface area contributed by atoms with Gasteiger partial charge in [-0.1, -0.05) is 6.92 Å². The number of carbonyl (C=O) groups excluding carboxylic acids is 1. The Morgan fingerprint density at radius 2 is 2.00 bits per heavy atom. The van der Waals surface area contributed by atoms with Crippen molar-refractivity contribution in [3.63, 3.8) is 0 Å². The average Bonchev–Trinajstić information content (AvgIpc) is 2.58. The molecule has 2 aliphatic heterocycles. The smallest absolute Gasteiger partial charge is 0.230 e. The van der Waals surface area contributed by atoms with Gasteiger partial charge in [-0.15, -0.1) is 0 Å². The molecule has 2 aromatic rings. The Labute approximate surface area is 146 Å². The number of hydrogen-bond donors (Lipinski definition) is 1. The lowest BCUT2D eigenvalue weighted by Crippen LogP contribution is -2.58. The van der Waals surface area contributed by atoms with E-state index in [1.165, 1.54) is 0 Å². The van der Waals surface area contributed by atoms with Crippen molar-refractivity contribution in [1.29, 1.82) is 0 Å². The molecule has 0 aliphatic carbocycles. The molecule has 2 aliphatic rings. The van der Waals surface area contributed by atoms with Gasteiger partial charge in [-0.2, -0.15) is 0 Å². The van der Waals surface area contributed by atoms with Crippen molar-refractivity contribution in [3.05, 3.63) is 24.7 Å².